The molecule has 2 aromatic heterocycles. The fourth-order valence-corrected chi connectivity index (χ4v) is 1.55. The van der Waals surface area contributed by atoms with Gasteiger partial charge in [-0.25, -0.2) is 9.78 Å². The molecule has 0 aliphatic heterocycles. The Morgan fingerprint density at radius 1 is 1.60 bits per heavy atom. The molecule has 0 aliphatic rings. The predicted octanol–water partition coefficient (Wildman–Crippen LogP) is 1.38. The largest absolute Gasteiger partial charge is 0.476 e. The lowest BCUT2D eigenvalue weighted by molar-refractivity contribution is 0.0693. The number of carboxylic acids is 1. The molecular formula is C10H11N3O2. The zero-order chi connectivity index (χ0) is 11.0. The number of hydrogen-bond donors (Lipinski definition) is 2. The molecule has 0 radical (unpaired) electrons. The summed E-state index contributed by atoms with van der Waals surface area (Å²) in [5.74, 6) is -0.334. The van der Waals surface area contributed by atoms with Gasteiger partial charge in [0.2, 0.25) is 0 Å². The number of aryl methyl sites for hydroxylation is 1. The van der Waals surface area contributed by atoms with Crippen LogP contribution in [-0.2, 0) is 0 Å². The van der Waals surface area contributed by atoms with Gasteiger partial charge in [-0.2, -0.15) is 0 Å². The third kappa shape index (κ3) is 1.41. The molecule has 0 fully saturated rings. The van der Waals surface area contributed by atoms with Gasteiger partial charge >= 0.3 is 5.97 Å². The Morgan fingerprint density at radius 2 is 2.33 bits per heavy atom. The quantitative estimate of drug-likeness (QED) is 0.777. The van der Waals surface area contributed by atoms with E-state index in [2.05, 4.69) is 10.3 Å². The SMILES string of the molecule is CNc1ccn2c(C)nc(C(=O)O)c2c1. The molecule has 0 saturated carbocycles. The molecule has 2 aromatic rings. The first-order chi connectivity index (χ1) is 7.13. The molecule has 5 nitrogen and oxygen atoms in total. The predicted molar refractivity (Wildman–Crippen MR) is 56.4 cm³/mol. The van der Waals surface area contributed by atoms with Gasteiger partial charge in [-0.3, -0.25) is 0 Å². The van der Waals surface area contributed by atoms with E-state index in [1.54, 1.807) is 30.6 Å². The van der Waals surface area contributed by atoms with E-state index in [1.807, 2.05) is 6.07 Å². The van der Waals surface area contributed by atoms with Crippen molar-refractivity contribution in [3.05, 3.63) is 29.8 Å². The second kappa shape index (κ2) is 3.27. The molecule has 0 unspecified atom stereocenters. The van der Waals surface area contributed by atoms with Crippen LogP contribution >= 0.6 is 0 Å². The molecule has 0 aromatic carbocycles. The minimum absolute atomic E-state index is 0.0876. The van der Waals surface area contributed by atoms with Crippen LogP contribution in [0.15, 0.2) is 18.3 Å². The van der Waals surface area contributed by atoms with E-state index in [1.165, 1.54) is 0 Å². The Hall–Kier alpha value is -2.04. The average molecular weight is 205 g/mol. The maximum atomic E-state index is 10.9. The molecule has 0 atom stereocenters. The van der Waals surface area contributed by atoms with Crippen molar-refractivity contribution in [1.29, 1.82) is 0 Å². The summed E-state index contributed by atoms with van der Waals surface area (Å²) >= 11 is 0. The summed E-state index contributed by atoms with van der Waals surface area (Å²) in [4.78, 5) is 14.9. The molecule has 2 rings (SSSR count). The summed E-state index contributed by atoms with van der Waals surface area (Å²) in [6, 6.07) is 3.64. The van der Waals surface area contributed by atoms with Crippen LogP contribution < -0.4 is 5.32 Å². The number of rotatable bonds is 2. The van der Waals surface area contributed by atoms with E-state index >= 15 is 0 Å². The smallest absolute Gasteiger partial charge is 0.356 e. The highest BCUT2D eigenvalue weighted by Crippen LogP contribution is 2.17. The maximum absolute atomic E-state index is 10.9. The summed E-state index contributed by atoms with van der Waals surface area (Å²) in [5, 5.41) is 11.9. The van der Waals surface area contributed by atoms with Gasteiger partial charge in [0.1, 0.15) is 5.82 Å². The van der Waals surface area contributed by atoms with E-state index in [-0.39, 0.29) is 5.69 Å². The van der Waals surface area contributed by atoms with Gasteiger partial charge in [0.05, 0.1) is 5.52 Å². The van der Waals surface area contributed by atoms with E-state index in [4.69, 9.17) is 5.11 Å². The normalized spacial score (nSPS) is 10.5. The van der Waals surface area contributed by atoms with Crippen LogP contribution in [-0.4, -0.2) is 27.5 Å². The fourth-order valence-electron chi connectivity index (χ4n) is 1.55. The van der Waals surface area contributed by atoms with Crippen molar-refractivity contribution in [3.63, 3.8) is 0 Å². The molecule has 78 valence electrons. The van der Waals surface area contributed by atoms with Crippen molar-refractivity contribution in [2.45, 2.75) is 6.92 Å². The van der Waals surface area contributed by atoms with Crippen LogP contribution in [0.25, 0.3) is 5.52 Å². The first-order valence-electron chi connectivity index (χ1n) is 4.53. The number of carbonyl (C=O) groups is 1. The Bertz CT molecular complexity index is 531. The lowest BCUT2D eigenvalue weighted by Crippen LogP contribution is -1.98. The van der Waals surface area contributed by atoms with Gasteiger partial charge in [0.15, 0.2) is 5.69 Å². The third-order valence-corrected chi connectivity index (χ3v) is 2.31. The standard InChI is InChI=1S/C10H11N3O2/c1-6-12-9(10(14)15)8-5-7(11-2)3-4-13(6)8/h3-5,11H,1-2H3,(H,14,15). The van der Waals surface area contributed by atoms with Crippen LogP contribution in [0.3, 0.4) is 0 Å². The van der Waals surface area contributed by atoms with Crippen LogP contribution in [0.5, 0.6) is 0 Å². The molecule has 5 heteroatoms. The summed E-state index contributed by atoms with van der Waals surface area (Å²) in [6.45, 7) is 1.78. The van der Waals surface area contributed by atoms with Gasteiger partial charge in [-0.1, -0.05) is 0 Å². The third-order valence-electron chi connectivity index (χ3n) is 2.31. The van der Waals surface area contributed by atoms with Gasteiger partial charge in [-0.15, -0.1) is 0 Å². The van der Waals surface area contributed by atoms with Crippen molar-refractivity contribution < 1.29 is 9.90 Å². The van der Waals surface area contributed by atoms with Gasteiger partial charge in [0, 0.05) is 18.9 Å². The summed E-state index contributed by atoms with van der Waals surface area (Å²) in [5.41, 5.74) is 1.56. The van der Waals surface area contributed by atoms with E-state index < -0.39 is 5.97 Å². The van der Waals surface area contributed by atoms with E-state index in [9.17, 15) is 4.79 Å². The number of aromatic carboxylic acids is 1. The zero-order valence-electron chi connectivity index (χ0n) is 8.48. The number of pyridine rings is 1. The van der Waals surface area contributed by atoms with Crippen LogP contribution in [0, 0.1) is 6.92 Å². The first kappa shape index (κ1) is 9.51. The lowest BCUT2D eigenvalue weighted by Gasteiger charge is -2.01. The highest BCUT2D eigenvalue weighted by molar-refractivity contribution is 5.94. The monoisotopic (exact) mass is 205 g/mol. The number of hydrogen-bond acceptors (Lipinski definition) is 3. The highest BCUT2D eigenvalue weighted by atomic mass is 16.4. The van der Waals surface area contributed by atoms with Crippen molar-refractivity contribution in [2.75, 3.05) is 12.4 Å². The highest BCUT2D eigenvalue weighted by Gasteiger charge is 2.14. The summed E-state index contributed by atoms with van der Waals surface area (Å²) in [6.07, 6.45) is 1.80. The van der Waals surface area contributed by atoms with Crippen LogP contribution in [0.2, 0.25) is 0 Å². The van der Waals surface area contributed by atoms with Crippen molar-refractivity contribution >= 4 is 17.2 Å². The minimum Gasteiger partial charge on any atom is -0.476 e. The van der Waals surface area contributed by atoms with E-state index in [0.29, 0.717) is 11.3 Å². The number of anilines is 1. The fraction of sp³-hybridized carbons (Fsp3) is 0.200. The molecule has 0 saturated heterocycles. The maximum Gasteiger partial charge on any atom is 0.356 e. The molecule has 0 spiro atoms. The molecule has 0 amide bonds. The number of carboxylic acid groups (broad SMARTS) is 1. The first-order valence-corrected chi connectivity index (χ1v) is 4.53. The van der Waals surface area contributed by atoms with Gasteiger partial charge in [0.25, 0.3) is 0 Å². The lowest BCUT2D eigenvalue weighted by atomic mass is 10.3. The van der Waals surface area contributed by atoms with Gasteiger partial charge < -0.3 is 14.8 Å². The Balaban J connectivity index is 2.77. The molecule has 2 heterocycles. The average Bonchev–Trinajstić information content (AvgIpc) is 2.56. The van der Waals surface area contributed by atoms with Crippen LogP contribution in [0.4, 0.5) is 5.69 Å². The second-order valence-corrected chi connectivity index (χ2v) is 3.23. The molecule has 15 heavy (non-hydrogen) atoms. The number of fused-ring (bicyclic) bond motifs is 1. The molecule has 2 N–H and O–H groups in total. The topological polar surface area (TPSA) is 66.6 Å². The Morgan fingerprint density at radius 3 is 2.93 bits per heavy atom. The van der Waals surface area contributed by atoms with E-state index in [0.717, 1.165) is 5.69 Å². The summed E-state index contributed by atoms with van der Waals surface area (Å²) in [7, 11) is 1.79. The van der Waals surface area contributed by atoms with Crippen molar-refractivity contribution in [3.8, 4) is 0 Å². The number of imidazole rings is 1. The molecule has 0 aliphatic carbocycles. The van der Waals surface area contributed by atoms with Crippen LogP contribution in [0.1, 0.15) is 16.3 Å². The second-order valence-electron chi connectivity index (χ2n) is 3.23. The van der Waals surface area contributed by atoms with Gasteiger partial charge in [-0.05, 0) is 19.1 Å². The minimum atomic E-state index is -1.01. The Labute approximate surface area is 86.4 Å². The molecular weight excluding hydrogens is 194 g/mol. The zero-order valence-corrected chi connectivity index (χ0v) is 8.48. The number of nitrogens with one attached hydrogen (secondary N) is 1. The van der Waals surface area contributed by atoms with Crippen molar-refractivity contribution in [2.24, 2.45) is 0 Å². The number of nitrogens with zero attached hydrogens (tertiary/aromatic N) is 2. The summed E-state index contributed by atoms with van der Waals surface area (Å²) < 4.78 is 1.75. The molecule has 0 bridgehead atoms. The Kier molecular flexibility index (Phi) is 2.07. The number of aromatic nitrogens is 2. The van der Waals surface area contributed by atoms with Crippen molar-refractivity contribution in [1.82, 2.24) is 9.38 Å².